The molecule has 1 aromatic rings. The molecule has 0 saturated carbocycles. The molecule has 94 valence electrons. The highest BCUT2D eigenvalue weighted by atomic mass is 19.1. The summed E-state index contributed by atoms with van der Waals surface area (Å²) in [4.78, 5) is 1.81. The van der Waals surface area contributed by atoms with Crippen LogP contribution in [0.4, 0.5) is 4.39 Å². The quantitative estimate of drug-likeness (QED) is 0.688. The van der Waals surface area contributed by atoms with Crippen molar-refractivity contribution in [3.63, 3.8) is 0 Å². The topological polar surface area (TPSA) is 69.7 Å². The largest absolute Gasteiger partial charge is 0.389 e. The van der Waals surface area contributed by atoms with Crippen LogP contribution < -0.4 is 5.73 Å². The van der Waals surface area contributed by atoms with Gasteiger partial charge < -0.3 is 15.9 Å². The van der Waals surface area contributed by atoms with E-state index in [0.29, 0.717) is 18.7 Å². The van der Waals surface area contributed by atoms with E-state index >= 15 is 0 Å². The highest BCUT2D eigenvalue weighted by Crippen LogP contribution is 2.26. The number of benzene rings is 1. The van der Waals surface area contributed by atoms with E-state index in [1.807, 2.05) is 4.90 Å². The Bertz CT molecular complexity index is 379. The van der Waals surface area contributed by atoms with Crippen molar-refractivity contribution in [1.82, 2.24) is 4.90 Å². The zero-order valence-electron chi connectivity index (χ0n) is 9.46. The molecule has 0 aromatic heterocycles. The van der Waals surface area contributed by atoms with E-state index < -0.39 is 12.2 Å². The Hall–Kier alpha value is -1.01. The molecule has 0 spiro atoms. The summed E-state index contributed by atoms with van der Waals surface area (Å²) in [5.41, 5.74) is 6.18. The lowest BCUT2D eigenvalue weighted by Gasteiger charge is -2.26. The van der Waals surface area contributed by atoms with Crippen molar-refractivity contribution in [2.24, 2.45) is 5.73 Å². The summed E-state index contributed by atoms with van der Waals surface area (Å²) < 4.78 is 13.7. The smallest absolute Gasteiger partial charge is 0.128 e. The van der Waals surface area contributed by atoms with Crippen LogP contribution in [0.1, 0.15) is 11.6 Å². The average molecular weight is 240 g/mol. The molecule has 17 heavy (non-hydrogen) atoms. The number of halogens is 1. The summed E-state index contributed by atoms with van der Waals surface area (Å²) >= 11 is 0. The summed E-state index contributed by atoms with van der Waals surface area (Å²) in [7, 11) is 0. The molecule has 1 saturated heterocycles. The lowest BCUT2D eigenvalue weighted by Crippen LogP contribution is -2.33. The minimum Gasteiger partial charge on any atom is -0.389 e. The number of aliphatic hydroxyl groups excluding tert-OH is 2. The van der Waals surface area contributed by atoms with E-state index in [2.05, 4.69) is 0 Å². The fourth-order valence-electron chi connectivity index (χ4n) is 2.27. The number of aliphatic hydroxyl groups is 2. The number of β-amino-alcohol motifs (C(OH)–C–C–N with tert-alkyl or cyclic N) is 2. The van der Waals surface area contributed by atoms with Crippen molar-refractivity contribution in [2.45, 2.75) is 18.2 Å². The normalized spacial score (nSPS) is 27.3. The van der Waals surface area contributed by atoms with Gasteiger partial charge in [-0.2, -0.15) is 0 Å². The number of hydrogen-bond donors (Lipinski definition) is 3. The Morgan fingerprint density at radius 2 is 1.88 bits per heavy atom. The van der Waals surface area contributed by atoms with Gasteiger partial charge in [-0.25, -0.2) is 4.39 Å². The second-order valence-corrected chi connectivity index (χ2v) is 4.36. The van der Waals surface area contributed by atoms with E-state index in [1.165, 1.54) is 6.07 Å². The molecule has 1 aliphatic heterocycles. The van der Waals surface area contributed by atoms with E-state index in [4.69, 9.17) is 5.73 Å². The van der Waals surface area contributed by atoms with Gasteiger partial charge in [0.15, 0.2) is 0 Å². The molecule has 1 aliphatic rings. The van der Waals surface area contributed by atoms with Crippen LogP contribution in [0.2, 0.25) is 0 Å². The maximum atomic E-state index is 13.7. The number of rotatable bonds is 3. The molecule has 0 amide bonds. The molecule has 3 atom stereocenters. The number of nitrogens with two attached hydrogens (primary N) is 1. The molecule has 4 N–H and O–H groups in total. The standard InChI is InChI=1S/C12H17FN2O2/c13-9-4-2-1-3-8(9)10(5-14)15-6-11(16)12(17)7-15/h1-4,10-12,16-17H,5-7,14H2. The predicted octanol–water partition coefficient (Wildman–Crippen LogP) is -0.137. The predicted molar refractivity (Wildman–Crippen MR) is 61.8 cm³/mol. The highest BCUT2D eigenvalue weighted by Gasteiger charge is 2.34. The highest BCUT2D eigenvalue weighted by molar-refractivity contribution is 5.22. The Morgan fingerprint density at radius 1 is 1.29 bits per heavy atom. The van der Waals surface area contributed by atoms with Gasteiger partial charge in [-0.15, -0.1) is 0 Å². The van der Waals surface area contributed by atoms with Crippen LogP contribution in [0.15, 0.2) is 24.3 Å². The third-order valence-corrected chi connectivity index (χ3v) is 3.22. The molecule has 1 heterocycles. The van der Waals surface area contributed by atoms with Crippen LogP contribution >= 0.6 is 0 Å². The van der Waals surface area contributed by atoms with Crippen molar-refractivity contribution >= 4 is 0 Å². The first-order valence-electron chi connectivity index (χ1n) is 5.68. The maximum Gasteiger partial charge on any atom is 0.128 e. The summed E-state index contributed by atoms with van der Waals surface area (Å²) in [5, 5.41) is 19.0. The van der Waals surface area contributed by atoms with Crippen LogP contribution in [0.25, 0.3) is 0 Å². The van der Waals surface area contributed by atoms with Crippen LogP contribution in [-0.4, -0.2) is 47.0 Å². The summed E-state index contributed by atoms with van der Waals surface area (Å²) in [6.07, 6.45) is -1.56. The Balaban J connectivity index is 2.20. The van der Waals surface area contributed by atoms with Gasteiger partial charge >= 0.3 is 0 Å². The number of nitrogens with zero attached hydrogens (tertiary/aromatic N) is 1. The summed E-state index contributed by atoms with van der Waals surface area (Å²) in [6.45, 7) is 0.884. The fraction of sp³-hybridized carbons (Fsp3) is 0.500. The molecule has 0 bridgehead atoms. The fourth-order valence-corrected chi connectivity index (χ4v) is 2.27. The molecule has 1 fully saturated rings. The van der Waals surface area contributed by atoms with Crippen molar-refractivity contribution < 1.29 is 14.6 Å². The summed E-state index contributed by atoms with van der Waals surface area (Å²) in [5.74, 6) is -0.307. The van der Waals surface area contributed by atoms with Gasteiger partial charge in [0, 0.05) is 25.2 Å². The SMILES string of the molecule is NCC(c1ccccc1F)N1CC(O)C(O)C1. The first-order valence-corrected chi connectivity index (χ1v) is 5.68. The average Bonchev–Trinajstić information content (AvgIpc) is 2.63. The van der Waals surface area contributed by atoms with Gasteiger partial charge in [0.2, 0.25) is 0 Å². The maximum absolute atomic E-state index is 13.7. The molecular weight excluding hydrogens is 223 g/mol. The van der Waals surface area contributed by atoms with Crippen molar-refractivity contribution in [1.29, 1.82) is 0 Å². The third kappa shape index (κ3) is 2.47. The first kappa shape index (κ1) is 12.4. The van der Waals surface area contributed by atoms with Crippen molar-refractivity contribution in [3.8, 4) is 0 Å². The Labute approximate surface area is 99.5 Å². The van der Waals surface area contributed by atoms with Crippen LogP contribution in [0, 0.1) is 5.82 Å². The van der Waals surface area contributed by atoms with Crippen LogP contribution in [0.5, 0.6) is 0 Å². The second-order valence-electron chi connectivity index (χ2n) is 4.36. The lowest BCUT2D eigenvalue weighted by atomic mass is 10.1. The van der Waals surface area contributed by atoms with Gasteiger partial charge in [-0.05, 0) is 6.07 Å². The van der Waals surface area contributed by atoms with E-state index in [-0.39, 0.29) is 18.4 Å². The minimum atomic E-state index is -0.782. The van der Waals surface area contributed by atoms with Gasteiger partial charge in [0.25, 0.3) is 0 Å². The van der Waals surface area contributed by atoms with E-state index in [9.17, 15) is 14.6 Å². The molecule has 2 rings (SSSR count). The molecule has 4 nitrogen and oxygen atoms in total. The Kier molecular flexibility index (Phi) is 3.73. The van der Waals surface area contributed by atoms with Crippen molar-refractivity contribution in [3.05, 3.63) is 35.6 Å². The Morgan fingerprint density at radius 3 is 2.41 bits per heavy atom. The molecule has 3 unspecified atom stereocenters. The molecule has 0 radical (unpaired) electrons. The molecule has 0 aliphatic carbocycles. The van der Waals surface area contributed by atoms with Crippen LogP contribution in [0.3, 0.4) is 0 Å². The monoisotopic (exact) mass is 240 g/mol. The first-order chi connectivity index (χ1) is 8.13. The van der Waals surface area contributed by atoms with Gasteiger partial charge in [-0.1, -0.05) is 18.2 Å². The number of hydrogen-bond acceptors (Lipinski definition) is 4. The lowest BCUT2D eigenvalue weighted by molar-refractivity contribution is 0.0572. The van der Waals surface area contributed by atoms with Gasteiger partial charge in [0.05, 0.1) is 18.2 Å². The zero-order valence-corrected chi connectivity index (χ0v) is 9.46. The zero-order chi connectivity index (χ0) is 12.4. The van der Waals surface area contributed by atoms with E-state index in [1.54, 1.807) is 18.2 Å². The molecule has 1 aromatic carbocycles. The number of likely N-dealkylation sites (tertiary alicyclic amines) is 1. The van der Waals surface area contributed by atoms with Crippen LogP contribution in [-0.2, 0) is 0 Å². The third-order valence-electron chi connectivity index (χ3n) is 3.22. The van der Waals surface area contributed by atoms with Gasteiger partial charge in [-0.3, -0.25) is 4.90 Å². The molecule has 5 heteroatoms. The van der Waals surface area contributed by atoms with Crippen molar-refractivity contribution in [2.75, 3.05) is 19.6 Å². The second kappa shape index (κ2) is 5.10. The minimum absolute atomic E-state index is 0.250. The molecular formula is C12H17FN2O2. The van der Waals surface area contributed by atoms with Gasteiger partial charge in [0.1, 0.15) is 5.82 Å². The van der Waals surface area contributed by atoms with E-state index in [0.717, 1.165) is 0 Å². The summed E-state index contributed by atoms with van der Waals surface area (Å²) in [6, 6.07) is 6.15.